The molecule has 0 saturated carbocycles. The summed E-state index contributed by atoms with van der Waals surface area (Å²) in [7, 11) is 0. The first-order valence-electron chi connectivity index (χ1n) is 10.6. The Labute approximate surface area is 182 Å². The molecule has 2 aromatic carbocycles. The van der Waals surface area contributed by atoms with Gasteiger partial charge in [0.25, 0.3) is 0 Å². The van der Waals surface area contributed by atoms with Gasteiger partial charge in [-0.2, -0.15) is 0 Å². The highest BCUT2D eigenvalue weighted by Crippen LogP contribution is 2.40. The van der Waals surface area contributed by atoms with Crippen molar-refractivity contribution in [1.82, 2.24) is 4.90 Å². The Hall–Kier alpha value is -2.34. The SMILES string of the molecule is Cc1ccccc1-c1cc2c(c(OC3CCOC3)c1)OCCN(Cc1cccs1)C2. The summed E-state index contributed by atoms with van der Waals surface area (Å²) in [4.78, 5) is 3.84. The molecule has 1 saturated heterocycles. The van der Waals surface area contributed by atoms with Crippen LogP contribution in [-0.4, -0.2) is 37.4 Å². The van der Waals surface area contributed by atoms with Crippen molar-refractivity contribution >= 4 is 11.3 Å². The molecule has 30 heavy (non-hydrogen) atoms. The van der Waals surface area contributed by atoms with Gasteiger partial charge in [-0.15, -0.1) is 11.3 Å². The fourth-order valence-electron chi connectivity index (χ4n) is 4.22. The maximum Gasteiger partial charge on any atom is 0.165 e. The van der Waals surface area contributed by atoms with Gasteiger partial charge in [0.15, 0.2) is 11.5 Å². The fraction of sp³-hybridized carbons (Fsp3) is 0.360. The summed E-state index contributed by atoms with van der Waals surface area (Å²) in [5.74, 6) is 1.74. The van der Waals surface area contributed by atoms with Gasteiger partial charge in [0.2, 0.25) is 0 Å². The number of benzene rings is 2. The first-order chi connectivity index (χ1) is 14.8. The minimum atomic E-state index is 0.0929. The monoisotopic (exact) mass is 421 g/mol. The van der Waals surface area contributed by atoms with Crippen LogP contribution < -0.4 is 9.47 Å². The van der Waals surface area contributed by atoms with Gasteiger partial charge in [-0.3, -0.25) is 4.90 Å². The molecule has 156 valence electrons. The Kier molecular flexibility index (Phi) is 5.75. The summed E-state index contributed by atoms with van der Waals surface area (Å²) in [5, 5.41) is 2.14. The first kappa shape index (κ1) is 19.6. The van der Waals surface area contributed by atoms with Gasteiger partial charge in [0.1, 0.15) is 12.7 Å². The molecule has 3 aromatic rings. The first-order valence-corrected chi connectivity index (χ1v) is 11.5. The van der Waals surface area contributed by atoms with Crippen molar-refractivity contribution in [1.29, 1.82) is 0 Å². The molecule has 0 bridgehead atoms. The second-order valence-corrected chi connectivity index (χ2v) is 9.05. The second-order valence-electron chi connectivity index (χ2n) is 8.02. The summed E-state index contributed by atoms with van der Waals surface area (Å²) in [6.45, 7) is 6.93. The normalized spacial score (nSPS) is 19.2. The summed E-state index contributed by atoms with van der Waals surface area (Å²) in [5.41, 5.74) is 4.88. The number of rotatable bonds is 5. The Morgan fingerprint density at radius 1 is 1.13 bits per heavy atom. The zero-order valence-corrected chi connectivity index (χ0v) is 18.1. The van der Waals surface area contributed by atoms with Gasteiger partial charge >= 0.3 is 0 Å². The van der Waals surface area contributed by atoms with Crippen molar-refractivity contribution in [2.45, 2.75) is 32.5 Å². The molecule has 4 nitrogen and oxygen atoms in total. The molecule has 0 spiro atoms. The predicted octanol–water partition coefficient (Wildman–Crippen LogP) is 5.29. The number of hydrogen-bond acceptors (Lipinski definition) is 5. The number of ether oxygens (including phenoxy) is 3. The molecule has 5 heteroatoms. The summed E-state index contributed by atoms with van der Waals surface area (Å²) < 4.78 is 18.2. The lowest BCUT2D eigenvalue weighted by Gasteiger charge is -2.21. The maximum atomic E-state index is 6.41. The molecule has 0 amide bonds. The molecule has 1 unspecified atom stereocenters. The van der Waals surface area contributed by atoms with Crippen molar-refractivity contribution in [3.63, 3.8) is 0 Å². The van der Waals surface area contributed by atoms with E-state index in [0.717, 1.165) is 44.2 Å². The van der Waals surface area contributed by atoms with Gasteiger partial charge in [-0.25, -0.2) is 0 Å². The van der Waals surface area contributed by atoms with Crippen LogP contribution in [0.1, 0.15) is 22.4 Å². The molecule has 2 aliphatic rings. The van der Waals surface area contributed by atoms with Crippen molar-refractivity contribution < 1.29 is 14.2 Å². The molecule has 0 radical (unpaired) electrons. The van der Waals surface area contributed by atoms with E-state index < -0.39 is 0 Å². The lowest BCUT2D eigenvalue weighted by atomic mass is 9.97. The van der Waals surface area contributed by atoms with Crippen LogP contribution in [0, 0.1) is 6.92 Å². The van der Waals surface area contributed by atoms with Gasteiger partial charge in [0, 0.05) is 36.5 Å². The molecule has 1 aromatic heterocycles. The van der Waals surface area contributed by atoms with Crippen molar-refractivity contribution in [2.75, 3.05) is 26.4 Å². The molecule has 0 N–H and O–H groups in total. The third-order valence-corrected chi connectivity index (χ3v) is 6.64. The Balaban J connectivity index is 1.52. The van der Waals surface area contributed by atoms with Crippen LogP contribution in [0.25, 0.3) is 11.1 Å². The lowest BCUT2D eigenvalue weighted by molar-refractivity contribution is 0.137. The molecular weight excluding hydrogens is 394 g/mol. The van der Waals surface area contributed by atoms with Crippen LogP contribution in [0.5, 0.6) is 11.5 Å². The minimum Gasteiger partial charge on any atom is -0.488 e. The molecule has 1 fully saturated rings. The quantitative estimate of drug-likeness (QED) is 0.560. The van der Waals surface area contributed by atoms with Crippen molar-refractivity contribution in [3.8, 4) is 22.6 Å². The summed E-state index contributed by atoms with van der Waals surface area (Å²) in [6.07, 6.45) is 1.02. The van der Waals surface area contributed by atoms with E-state index in [1.807, 2.05) is 11.3 Å². The van der Waals surface area contributed by atoms with Gasteiger partial charge < -0.3 is 14.2 Å². The molecule has 2 aliphatic heterocycles. The number of nitrogens with zero attached hydrogens (tertiary/aromatic N) is 1. The number of thiophene rings is 1. The van der Waals surface area contributed by atoms with E-state index in [0.29, 0.717) is 13.2 Å². The van der Waals surface area contributed by atoms with Crippen LogP contribution in [0.4, 0.5) is 0 Å². The largest absolute Gasteiger partial charge is 0.488 e. The van der Waals surface area contributed by atoms with Gasteiger partial charge in [-0.05, 0) is 47.2 Å². The average Bonchev–Trinajstić information content (AvgIpc) is 3.40. The zero-order valence-electron chi connectivity index (χ0n) is 17.3. The minimum absolute atomic E-state index is 0.0929. The standard InChI is InChI=1S/C25H27NO3S/c1-18-5-2-3-7-23(18)19-13-20-15-26(16-22-6-4-12-30-22)9-11-28-25(20)24(14-19)29-21-8-10-27-17-21/h2-7,12-14,21H,8-11,15-17H2,1H3. The van der Waals surface area contributed by atoms with E-state index in [2.05, 4.69) is 65.7 Å². The molecule has 3 heterocycles. The number of aryl methyl sites for hydroxylation is 1. The van der Waals surface area contributed by atoms with Crippen molar-refractivity contribution in [3.05, 3.63) is 69.9 Å². The highest BCUT2D eigenvalue weighted by atomic mass is 32.1. The molecule has 1 atom stereocenters. The van der Waals surface area contributed by atoms with Gasteiger partial charge in [-0.1, -0.05) is 30.3 Å². The smallest absolute Gasteiger partial charge is 0.165 e. The zero-order chi connectivity index (χ0) is 20.3. The van der Waals surface area contributed by atoms with Gasteiger partial charge in [0.05, 0.1) is 13.2 Å². The van der Waals surface area contributed by atoms with E-state index >= 15 is 0 Å². The van der Waals surface area contributed by atoms with E-state index in [-0.39, 0.29) is 6.10 Å². The Bertz CT molecular complexity index is 996. The average molecular weight is 422 g/mol. The number of hydrogen-bond donors (Lipinski definition) is 0. The van der Waals surface area contributed by atoms with E-state index in [1.54, 1.807) is 0 Å². The van der Waals surface area contributed by atoms with E-state index in [9.17, 15) is 0 Å². The highest BCUT2D eigenvalue weighted by Gasteiger charge is 2.25. The Morgan fingerprint density at radius 3 is 2.87 bits per heavy atom. The van der Waals surface area contributed by atoms with Crippen molar-refractivity contribution in [2.24, 2.45) is 0 Å². The summed E-state index contributed by atoms with van der Waals surface area (Å²) in [6, 6.07) is 17.3. The lowest BCUT2D eigenvalue weighted by Crippen LogP contribution is -2.24. The fourth-order valence-corrected chi connectivity index (χ4v) is 4.97. The topological polar surface area (TPSA) is 30.9 Å². The molecule has 0 aliphatic carbocycles. The summed E-state index contributed by atoms with van der Waals surface area (Å²) >= 11 is 1.81. The van der Waals surface area contributed by atoms with Crippen LogP contribution in [-0.2, 0) is 17.8 Å². The third-order valence-electron chi connectivity index (χ3n) is 5.78. The molecule has 5 rings (SSSR count). The maximum absolute atomic E-state index is 6.41. The second kappa shape index (κ2) is 8.80. The number of fused-ring (bicyclic) bond motifs is 1. The molecular formula is C25H27NO3S. The predicted molar refractivity (Wildman–Crippen MR) is 120 cm³/mol. The van der Waals surface area contributed by atoms with Crippen LogP contribution in [0.15, 0.2) is 53.9 Å². The van der Waals surface area contributed by atoms with E-state index in [1.165, 1.54) is 27.1 Å². The third kappa shape index (κ3) is 4.24. The van der Waals surface area contributed by atoms with E-state index in [4.69, 9.17) is 14.2 Å². The Morgan fingerprint density at radius 2 is 2.07 bits per heavy atom. The van der Waals surface area contributed by atoms with Crippen LogP contribution in [0.3, 0.4) is 0 Å². The van der Waals surface area contributed by atoms with Crippen LogP contribution >= 0.6 is 11.3 Å². The highest BCUT2D eigenvalue weighted by molar-refractivity contribution is 7.09. The van der Waals surface area contributed by atoms with Crippen LogP contribution in [0.2, 0.25) is 0 Å².